The van der Waals surface area contributed by atoms with Gasteiger partial charge in [-0.15, -0.1) is 0 Å². The van der Waals surface area contributed by atoms with Crippen LogP contribution in [0.4, 0.5) is 15.3 Å². The molecule has 0 unspecified atom stereocenters. The third-order valence-electron chi connectivity index (χ3n) is 18.4. The fraction of sp³-hybridized carbons (Fsp3) is 0.657. The first kappa shape index (κ1) is 81.6. The number of likely N-dealkylation sites (tertiary alicyclic amines) is 1. The van der Waals surface area contributed by atoms with Gasteiger partial charge in [0.2, 0.25) is 40.1 Å². The Morgan fingerprint density at radius 3 is 1.97 bits per heavy atom. The minimum Gasteiger partial charge on any atom is -0.445 e. The second-order valence-electron chi connectivity index (χ2n) is 26.6. The number of unbranched alkanes of at least 4 members (excludes halogenated alkanes) is 3. The Labute approximate surface area is 577 Å². The Morgan fingerprint density at radius 2 is 1.39 bits per heavy atom. The number of primary amides is 1. The summed E-state index contributed by atoms with van der Waals surface area (Å²) >= 11 is 11.8. The fourth-order valence-electron chi connectivity index (χ4n) is 12.7. The summed E-state index contributed by atoms with van der Waals surface area (Å²) in [6, 6.07) is 11.5. The Hall–Kier alpha value is -6.86. The molecule has 2 heterocycles. The van der Waals surface area contributed by atoms with Gasteiger partial charge >= 0.3 is 12.1 Å². The molecule has 0 aliphatic carbocycles. The van der Waals surface area contributed by atoms with E-state index in [1.54, 1.807) is 67.1 Å². The largest absolute Gasteiger partial charge is 0.445 e. The van der Waals surface area contributed by atoms with Gasteiger partial charge in [0.1, 0.15) is 12.4 Å². The minimum atomic E-state index is -0.964. The van der Waals surface area contributed by atoms with Crippen molar-refractivity contribution in [3.8, 4) is 0 Å². The number of aliphatic hydroxyl groups is 1. The molecule has 534 valence electrons. The number of carbonyl (C=O) groups is 9. The van der Waals surface area contributed by atoms with Gasteiger partial charge in [0.15, 0.2) is 11.6 Å². The molecule has 24 nitrogen and oxygen atoms in total. The van der Waals surface area contributed by atoms with Gasteiger partial charge in [0, 0.05) is 84.6 Å². The summed E-state index contributed by atoms with van der Waals surface area (Å²) in [7, 11) is 6.21. The van der Waals surface area contributed by atoms with Gasteiger partial charge in [-0.05, 0) is 116 Å². The number of aliphatic hydroxyl groups excluding tert-OH is 1. The first-order chi connectivity index (χ1) is 45.4. The van der Waals surface area contributed by atoms with Crippen molar-refractivity contribution in [1.82, 2.24) is 45.6 Å². The molecule has 26 heteroatoms. The quantitative estimate of drug-likeness (QED) is 0.0288. The molecule has 1 aliphatic heterocycles. The average Bonchev–Trinajstić information content (AvgIpc) is 1.61. The zero-order valence-electron chi connectivity index (χ0n) is 58.7. The summed E-state index contributed by atoms with van der Waals surface area (Å²) in [5, 5.41) is 22.2. The van der Waals surface area contributed by atoms with E-state index in [9.17, 15) is 48.3 Å². The maximum atomic E-state index is 14.9. The minimum absolute atomic E-state index is 0.0268. The molecule has 3 aromatic rings. The van der Waals surface area contributed by atoms with Gasteiger partial charge in [0.05, 0.1) is 60.9 Å². The van der Waals surface area contributed by atoms with E-state index in [0.717, 1.165) is 19.3 Å². The van der Waals surface area contributed by atoms with Crippen LogP contribution in [-0.2, 0) is 60.8 Å². The number of carbonyl (C=O) groups excluding carboxylic acids is 9. The summed E-state index contributed by atoms with van der Waals surface area (Å²) in [5.41, 5.74) is 6.92. The molecule has 1 saturated heterocycles. The number of methoxy groups -OCH3 is 2. The number of hydrogen-bond donors (Lipinski definition) is 6. The van der Waals surface area contributed by atoms with Crippen molar-refractivity contribution < 1.29 is 62.5 Å². The van der Waals surface area contributed by atoms with E-state index >= 15 is 0 Å². The van der Waals surface area contributed by atoms with Crippen LogP contribution < -0.4 is 27.0 Å². The van der Waals surface area contributed by atoms with Crippen molar-refractivity contribution in [3.05, 3.63) is 82.1 Å². The van der Waals surface area contributed by atoms with E-state index < -0.39 is 84.3 Å². The molecule has 0 saturated carbocycles. The number of aromatic nitrogens is 3. The molecular weight excluding hydrogens is 1270 g/mol. The Bertz CT molecular complexity index is 2980. The van der Waals surface area contributed by atoms with Crippen LogP contribution in [0.5, 0.6) is 0 Å². The number of urea groups is 1. The van der Waals surface area contributed by atoms with Crippen molar-refractivity contribution in [2.45, 2.75) is 214 Å². The van der Waals surface area contributed by atoms with Gasteiger partial charge in [0.25, 0.3) is 0 Å². The molecule has 1 aliphatic rings. The van der Waals surface area contributed by atoms with Crippen LogP contribution in [-0.4, -0.2) is 172 Å². The Morgan fingerprint density at radius 1 is 0.740 bits per heavy atom. The van der Waals surface area contributed by atoms with Crippen molar-refractivity contribution in [1.29, 1.82) is 0 Å². The van der Waals surface area contributed by atoms with E-state index in [4.69, 9.17) is 43.1 Å². The van der Waals surface area contributed by atoms with Gasteiger partial charge in [-0.1, -0.05) is 124 Å². The van der Waals surface area contributed by atoms with Crippen LogP contribution in [0, 0.1) is 41.4 Å². The van der Waals surface area contributed by atoms with Crippen LogP contribution in [0.1, 0.15) is 176 Å². The van der Waals surface area contributed by atoms with E-state index in [-0.39, 0.29) is 115 Å². The summed E-state index contributed by atoms with van der Waals surface area (Å²) in [6.45, 7) is 18.9. The molecule has 1 fully saturated rings. The first-order valence-corrected chi connectivity index (χ1v) is 34.6. The molecular formula is C70H107Cl2N11O13. The van der Waals surface area contributed by atoms with Crippen molar-refractivity contribution >= 4 is 82.1 Å². The molecule has 2 aromatic carbocycles. The van der Waals surface area contributed by atoms with Crippen molar-refractivity contribution in [3.63, 3.8) is 0 Å². The molecule has 8 amide bonds. The number of hydrogen-bond acceptors (Lipinski definition) is 16. The highest BCUT2D eigenvalue weighted by molar-refractivity contribution is 6.31. The number of halogens is 2. The number of benzene rings is 2. The van der Waals surface area contributed by atoms with E-state index in [1.807, 2.05) is 73.6 Å². The molecule has 96 heavy (non-hydrogen) atoms. The number of nitrogens with one attached hydrogen (secondary N) is 4. The molecule has 4 rings (SSSR count). The number of likely N-dealkylation sites (N-methyl/N-ethyl adjacent to an activating group) is 2. The predicted molar refractivity (Wildman–Crippen MR) is 368 cm³/mol. The van der Waals surface area contributed by atoms with Crippen LogP contribution in [0.3, 0.4) is 0 Å². The van der Waals surface area contributed by atoms with Gasteiger partial charge in [-0.3, -0.25) is 33.6 Å². The summed E-state index contributed by atoms with van der Waals surface area (Å²) < 4.78 is 17.8. The molecule has 1 aromatic heterocycles. The lowest BCUT2D eigenvalue weighted by Crippen LogP contribution is -2.55. The summed E-state index contributed by atoms with van der Waals surface area (Å²) in [5.74, 6) is -5.15. The zero-order valence-corrected chi connectivity index (χ0v) is 60.3. The van der Waals surface area contributed by atoms with E-state index in [1.165, 1.54) is 26.2 Å². The standard InChI is InChI=1S/C70H107Cl2N11O13/c1-15-44(8)61(55(94-13)39-58(87)83-36-24-28-52(83)63(95-14)45(9)64(89)75-46(10)62(88)48-25-19-18-20-26-48)81(11)66(91)51(41(2)3)38-54(85)60(43(6)7)82(12)70(93)96-40-47-31-33-50(34-32-47)76-65(90)49(27-23-35-74-69(73)92)37-53(84)59(42(4)5)79-57(86)30-22-17-16-21-29-56-77-67(71)80-68(72)78-56/h18-20,25-26,31-34,41-46,49,51-52,55,59-63,88H,15-17,21-24,27-30,35-40H2,1-14H3,(H,75,89)(H,76,90)(H,79,86)(H3,73,74,92)/t44-,45+,46+,49+,51-,52-,55+,59-,60-,61-,62+,63+/m0/s1. The highest BCUT2D eigenvalue weighted by atomic mass is 35.5. The molecule has 0 radical (unpaired) electrons. The van der Waals surface area contributed by atoms with Gasteiger partial charge in [-0.25, -0.2) is 19.6 Å². The second-order valence-corrected chi connectivity index (χ2v) is 27.3. The van der Waals surface area contributed by atoms with Crippen LogP contribution >= 0.6 is 23.2 Å². The smallest absolute Gasteiger partial charge is 0.410 e. The van der Waals surface area contributed by atoms with E-state index in [0.29, 0.717) is 67.7 Å². The van der Waals surface area contributed by atoms with Gasteiger partial charge in [-0.2, -0.15) is 4.98 Å². The van der Waals surface area contributed by atoms with E-state index in [2.05, 4.69) is 36.2 Å². The molecule has 7 N–H and O–H groups in total. The third kappa shape index (κ3) is 25.2. The number of amides is 8. The normalized spacial score (nSPS) is 16.6. The maximum Gasteiger partial charge on any atom is 0.410 e. The summed E-state index contributed by atoms with van der Waals surface area (Å²) in [4.78, 5) is 140. The number of Topliss-reactive ketones (excluding diaryl/α,β-unsaturated/α-hetero) is 2. The van der Waals surface area contributed by atoms with Crippen molar-refractivity contribution in [2.24, 2.45) is 47.2 Å². The SMILES string of the molecule is CC[C@H](C)[C@@H]([C@@H](CC(=O)N1CCC[C@H]1[C@H](OC)[C@@H](C)C(=O)N[C@H](C)[C@@H](O)c1ccccc1)OC)N(C)C(=O)[C@@H](CC(=O)[C@H](C(C)C)N(C)C(=O)OCc1ccc(NC(=O)[C@H](CCCNC(N)=O)CC(=O)[C@@H](NC(=O)CCCCCCc2nc(Cl)nc(Cl)n2)C(C)C)cc1)C(C)C. The summed E-state index contributed by atoms with van der Waals surface area (Å²) in [6.07, 6.45) is 2.59. The molecule has 12 atom stereocenters. The van der Waals surface area contributed by atoms with Gasteiger partial charge < -0.3 is 61.0 Å². The number of rotatable bonds is 41. The topological polar surface area (TPSA) is 324 Å². The highest BCUT2D eigenvalue weighted by Crippen LogP contribution is 2.32. The third-order valence-corrected chi connectivity index (χ3v) is 18.7. The Kier molecular flexibility index (Phi) is 34.6. The molecule has 0 spiro atoms. The number of ether oxygens (including phenoxy) is 3. The lowest BCUT2D eigenvalue weighted by molar-refractivity contribution is -0.149. The molecule has 0 bridgehead atoms. The number of ketones is 2. The fourth-order valence-corrected chi connectivity index (χ4v) is 13.1. The Balaban J connectivity index is 1.37. The van der Waals surface area contributed by atoms with Crippen LogP contribution in [0.15, 0.2) is 54.6 Å². The predicted octanol–water partition coefficient (Wildman–Crippen LogP) is 9.46. The maximum absolute atomic E-state index is 14.9. The number of aryl methyl sites for hydroxylation is 1. The average molecular weight is 1380 g/mol. The number of anilines is 1. The lowest BCUT2D eigenvalue weighted by Gasteiger charge is -2.41. The monoisotopic (exact) mass is 1380 g/mol. The van der Waals surface area contributed by atoms with Crippen LogP contribution in [0.25, 0.3) is 0 Å². The number of nitrogens with zero attached hydrogens (tertiary/aromatic N) is 6. The number of nitrogens with two attached hydrogens (primary N) is 1. The first-order valence-electron chi connectivity index (χ1n) is 33.8. The second kappa shape index (κ2) is 40.8. The van der Waals surface area contributed by atoms with Crippen LogP contribution in [0.2, 0.25) is 10.6 Å². The van der Waals surface area contributed by atoms with Crippen molar-refractivity contribution in [2.75, 3.05) is 46.7 Å². The highest BCUT2D eigenvalue weighted by Gasteiger charge is 2.44. The lowest BCUT2D eigenvalue weighted by atomic mass is 9.83. The zero-order chi connectivity index (χ0) is 71.5.